The largest absolute Gasteiger partial charge is 0.339 e. The van der Waals surface area contributed by atoms with Gasteiger partial charge in [-0.2, -0.15) is 0 Å². The van der Waals surface area contributed by atoms with Crippen molar-refractivity contribution in [2.45, 2.75) is 24.1 Å². The van der Waals surface area contributed by atoms with Gasteiger partial charge < -0.3 is 4.90 Å². The molecule has 1 saturated heterocycles. The van der Waals surface area contributed by atoms with E-state index in [9.17, 15) is 4.79 Å². The first-order valence-electron chi connectivity index (χ1n) is 6.15. The Morgan fingerprint density at radius 2 is 2.39 bits per heavy atom. The van der Waals surface area contributed by atoms with Crippen molar-refractivity contribution in [1.82, 2.24) is 9.88 Å². The Kier molecular flexibility index (Phi) is 4.83. The number of amides is 1. The molecule has 0 N–H and O–H groups in total. The molecule has 1 amide bonds. The molecule has 0 radical (unpaired) electrons. The van der Waals surface area contributed by atoms with Crippen LogP contribution in [0.15, 0.2) is 22.4 Å². The van der Waals surface area contributed by atoms with E-state index >= 15 is 0 Å². The van der Waals surface area contributed by atoms with Gasteiger partial charge in [0.25, 0.3) is 0 Å². The minimum Gasteiger partial charge on any atom is -0.339 e. The molecule has 3 nitrogen and oxygen atoms in total. The van der Waals surface area contributed by atoms with Crippen LogP contribution < -0.4 is 0 Å². The molecule has 0 saturated carbocycles. The normalized spacial score (nSPS) is 16.8. The Morgan fingerprint density at radius 3 is 2.94 bits per heavy atom. The molecule has 1 aromatic heterocycles. The van der Waals surface area contributed by atoms with E-state index in [2.05, 4.69) is 16.9 Å². The van der Waals surface area contributed by atoms with Crippen molar-refractivity contribution in [2.75, 3.05) is 18.8 Å². The number of piperidine rings is 1. The van der Waals surface area contributed by atoms with E-state index in [1.807, 2.05) is 23.6 Å². The van der Waals surface area contributed by atoms with Crippen LogP contribution in [0.3, 0.4) is 0 Å². The summed E-state index contributed by atoms with van der Waals surface area (Å²) in [6.45, 7) is 7.29. The monoisotopic (exact) mass is 282 g/mol. The molecule has 0 atom stereocenters. The van der Waals surface area contributed by atoms with E-state index < -0.39 is 0 Å². The van der Waals surface area contributed by atoms with Gasteiger partial charge >= 0.3 is 0 Å². The smallest absolute Gasteiger partial charge is 0.245 e. The lowest BCUT2D eigenvalue weighted by Crippen LogP contribution is -2.37. The van der Waals surface area contributed by atoms with Gasteiger partial charge in [0.1, 0.15) is 4.34 Å². The summed E-state index contributed by atoms with van der Waals surface area (Å²) in [6, 6.07) is 0. The number of likely N-dealkylation sites (tertiary alicyclic amines) is 1. The molecule has 1 aliphatic rings. The Balaban J connectivity index is 1.73. The molecule has 0 unspecified atom stereocenters. The third kappa shape index (κ3) is 3.59. The van der Waals surface area contributed by atoms with E-state index in [-0.39, 0.29) is 5.91 Å². The predicted molar refractivity (Wildman–Crippen MR) is 77.1 cm³/mol. The minimum atomic E-state index is 0.0663. The van der Waals surface area contributed by atoms with Gasteiger partial charge in [-0.1, -0.05) is 18.3 Å². The molecule has 1 aliphatic heterocycles. The first kappa shape index (κ1) is 13.6. The fourth-order valence-electron chi connectivity index (χ4n) is 2.04. The van der Waals surface area contributed by atoms with Crippen LogP contribution in [-0.2, 0) is 4.79 Å². The van der Waals surface area contributed by atoms with Gasteiger partial charge in [-0.25, -0.2) is 4.98 Å². The van der Waals surface area contributed by atoms with Crippen molar-refractivity contribution >= 4 is 29.0 Å². The molecular formula is C13H18N2OS2. The van der Waals surface area contributed by atoms with E-state index in [1.165, 1.54) is 6.08 Å². The van der Waals surface area contributed by atoms with Crippen LogP contribution in [0.25, 0.3) is 0 Å². The third-order valence-electron chi connectivity index (χ3n) is 3.14. The van der Waals surface area contributed by atoms with Gasteiger partial charge in [-0.05, 0) is 31.8 Å². The van der Waals surface area contributed by atoms with Crippen molar-refractivity contribution in [3.05, 3.63) is 23.7 Å². The highest BCUT2D eigenvalue weighted by atomic mass is 32.2. The van der Waals surface area contributed by atoms with Gasteiger partial charge in [0.15, 0.2) is 0 Å². The maximum Gasteiger partial charge on any atom is 0.245 e. The Bertz CT molecular complexity index is 422. The van der Waals surface area contributed by atoms with Gasteiger partial charge in [-0.3, -0.25) is 4.79 Å². The van der Waals surface area contributed by atoms with Gasteiger partial charge in [0, 0.05) is 29.9 Å². The standard InChI is InChI=1S/C13H18N2OS2/c1-3-12(16)15-6-4-11(5-7-15)9-18-13-14-10(2)8-17-13/h3,8,11H,1,4-7,9H2,2H3. The molecule has 0 bridgehead atoms. The molecule has 0 aliphatic carbocycles. The summed E-state index contributed by atoms with van der Waals surface area (Å²) in [4.78, 5) is 17.8. The van der Waals surface area contributed by atoms with Crippen LogP contribution in [0.5, 0.6) is 0 Å². The van der Waals surface area contributed by atoms with E-state index in [1.54, 1.807) is 11.3 Å². The van der Waals surface area contributed by atoms with Gasteiger partial charge in [0.2, 0.25) is 5.91 Å². The van der Waals surface area contributed by atoms with E-state index in [0.717, 1.165) is 41.7 Å². The first-order chi connectivity index (χ1) is 8.69. The predicted octanol–water partition coefficient (Wildman–Crippen LogP) is 2.97. The summed E-state index contributed by atoms with van der Waals surface area (Å²) in [6.07, 6.45) is 3.60. The number of hydrogen-bond donors (Lipinski definition) is 0. The number of rotatable bonds is 4. The summed E-state index contributed by atoms with van der Waals surface area (Å²) in [5.74, 6) is 1.88. The first-order valence-corrected chi connectivity index (χ1v) is 8.02. The number of thioether (sulfide) groups is 1. The zero-order valence-electron chi connectivity index (χ0n) is 10.6. The highest BCUT2D eigenvalue weighted by molar-refractivity contribution is 8.01. The van der Waals surface area contributed by atoms with Crippen LogP contribution in [0.4, 0.5) is 0 Å². The van der Waals surface area contributed by atoms with Crippen molar-refractivity contribution < 1.29 is 4.79 Å². The fraction of sp³-hybridized carbons (Fsp3) is 0.538. The van der Waals surface area contributed by atoms with E-state index in [4.69, 9.17) is 0 Å². The van der Waals surface area contributed by atoms with Crippen molar-refractivity contribution in [2.24, 2.45) is 5.92 Å². The molecule has 0 spiro atoms. The highest BCUT2D eigenvalue weighted by Crippen LogP contribution is 2.28. The van der Waals surface area contributed by atoms with Gasteiger partial charge in [0.05, 0.1) is 0 Å². The molecule has 98 valence electrons. The summed E-state index contributed by atoms with van der Waals surface area (Å²) in [5.41, 5.74) is 1.11. The second kappa shape index (κ2) is 6.38. The van der Waals surface area contributed by atoms with Crippen molar-refractivity contribution in [1.29, 1.82) is 0 Å². The zero-order chi connectivity index (χ0) is 13.0. The number of aryl methyl sites for hydroxylation is 1. The van der Waals surface area contributed by atoms with Crippen LogP contribution >= 0.6 is 23.1 Å². The third-order valence-corrected chi connectivity index (χ3v) is 5.51. The molecule has 2 rings (SSSR count). The van der Waals surface area contributed by atoms with Crippen LogP contribution in [-0.4, -0.2) is 34.6 Å². The van der Waals surface area contributed by atoms with E-state index in [0.29, 0.717) is 5.92 Å². The molecule has 5 heteroatoms. The maximum atomic E-state index is 11.4. The molecule has 0 aromatic carbocycles. The SMILES string of the molecule is C=CC(=O)N1CCC(CSc2nc(C)cs2)CC1. The number of nitrogens with zero attached hydrogens (tertiary/aromatic N) is 2. The lowest BCUT2D eigenvalue weighted by molar-refractivity contribution is -0.127. The lowest BCUT2D eigenvalue weighted by atomic mass is 9.99. The summed E-state index contributed by atoms with van der Waals surface area (Å²) >= 11 is 3.57. The molecule has 18 heavy (non-hydrogen) atoms. The Hall–Kier alpha value is -0.810. The topological polar surface area (TPSA) is 33.2 Å². The molecule has 1 fully saturated rings. The highest BCUT2D eigenvalue weighted by Gasteiger charge is 2.21. The average molecular weight is 282 g/mol. The molecular weight excluding hydrogens is 264 g/mol. The average Bonchev–Trinajstić information content (AvgIpc) is 2.82. The number of hydrogen-bond acceptors (Lipinski definition) is 4. The summed E-state index contributed by atoms with van der Waals surface area (Å²) < 4.78 is 1.16. The summed E-state index contributed by atoms with van der Waals surface area (Å²) in [5, 5.41) is 2.09. The second-order valence-corrected chi connectivity index (χ2v) is 6.66. The van der Waals surface area contributed by atoms with Crippen LogP contribution in [0.2, 0.25) is 0 Å². The van der Waals surface area contributed by atoms with Gasteiger partial charge in [-0.15, -0.1) is 11.3 Å². The Morgan fingerprint density at radius 1 is 1.67 bits per heavy atom. The lowest BCUT2D eigenvalue weighted by Gasteiger charge is -2.30. The number of thiazole rings is 1. The maximum absolute atomic E-state index is 11.4. The number of aromatic nitrogens is 1. The second-order valence-electron chi connectivity index (χ2n) is 4.54. The zero-order valence-corrected chi connectivity index (χ0v) is 12.2. The number of carbonyl (C=O) groups excluding carboxylic acids is 1. The molecule has 1 aromatic rings. The van der Waals surface area contributed by atoms with Crippen molar-refractivity contribution in [3.8, 4) is 0 Å². The minimum absolute atomic E-state index is 0.0663. The summed E-state index contributed by atoms with van der Waals surface area (Å²) in [7, 11) is 0. The van der Waals surface area contributed by atoms with Crippen LogP contribution in [0, 0.1) is 12.8 Å². The fourth-order valence-corrected chi connectivity index (χ4v) is 4.10. The van der Waals surface area contributed by atoms with Crippen molar-refractivity contribution in [3.63, 3.8) is 0 Å². The number of carbonyl (C=O) groups is 1. The quantitative estimate of drug-likeness (QED) is 0.629. The molecule has 2 heterocycles. The Labute approximate surface area is 116 Å². The van der Waals surface area contributed by atoms with Crippen LogP contribution in [0.1, 0.15) is 18.5 Å².